The molecule has 0 unspecified atom stereocenters. The molecule has 0 aliphatic carbocycles. The van der Waals surface area contributed by atoms with Gasteiger partial charge in [-0.15, -0.1) is 0 Å². The zero-order valence-corrected chi connectivity index (χ0v) is 14.8. The van der Waals surface area contributed by atoms with Crippen molar-refractivity contribution in [2.75, 3.05) is 13.2 Å². The summed E-state index contributed by atoms with van der Waals surface area (Å²) in [5, 5.41) is 8.70. The average Bonchev–Trinajstić information content (AvgIpc) is 3.12. The molecule has 1 aromatic heterocycles. The minimum atomic E-state index is -0.234. The van der Waals surface area contributed by atoms with Crippen LogP contribution in [0, 0.1) is 0 Å². The molecule has 0 fully saturated rings. The zero-order chi connectivity index (χ0) is 18.6. The van der Waals surface area contributed by atoms with Gasteiger partial charge in [-0.3, -0.25) is 4.79 Å². The number of amides is 1. The van der Waals surface area contributed by atoms with E-state index < -0.39 is 0 Å². The second-order valence-electron chi connectivity index (χ2n) is 6.00. The number of hydrogen-bond acceptors (Lipinski definition) is 5. The van der Waals surface area contributed by atoms with E-state index in [0.29, 0.717) is 19.0 Å². The van der Waals surface area contributed by atoms with Crippen molar-refractivity contribution in [1.29, 1.82) is 0 Å². The van der Waals surface area contributed by atoms with Crippen LogP contribution in [-0.2, 0) is 4.79 Å². The van der Waals surface area contributed by atoms with Crippen LogP contribution in [0.2, 0.25) is 0 Å². The number of rotatable bonds is 4. The molecule has 27 heavy (non-hydrogen) atoms. The fourth-order valence-electron chi connectivity index (χ4n) is 2.80. The van der Waals surface area contributed by atoms with E-state index in [0.717, 1.165) is 28.3 Å². The van der Waals surface area contributed by atoms with Crippen molar-refractivity contribution in [3.63, 3.8) is 0 Å². The molecule has 0 saturated heterocycles. The number of carbonyl (C=O) groups is 1. The Balaban J connectivity index is 1.76. The molecule has 1 aliphatic heterocycles. The Morgan fingerprint density at radius 2 is 1.93 bits per heavy atom. The summed E-state index contributed by atoms with van der Waals surface area (Å²) in [5.74, 6) is 1.18. The fraction of sp³-hybridized carbons (Fsp3) is 0.150. The lowest BCUT2D eigenvalue weighted by Gasteiger charge is -2.18. The normalized spacial score (nSPS) is 12.9. The van der Waals surface area contributed by atoms with Crippen molar-refractivity contribution in [1.82, 2.24) is 15.2 Å². The summed E-state index contributed by atoms with van der Waals surface area (Å²) in [4.78, 5) is 11.1. The minimum Gasteiger partial charge on any atom is -0.486 e. The molecule has 3 aromatic rings. The molecule has 4 rings (SSSR count). The maximum atomic E-state index is 11.1. The number of benzene rings is 2. The van der Waals surface area contributed by atoms with E-state index in [1.165, 1.54) is 6.92 Å². The van der Waals surface area contributed by atoms with Gasteiger partial charge < -0.3 is 9.47 Å². The molecular formula is C20H18N4O3. The van der Waals surface area contributed by atoms with Crippen molar-refractivity contribution in [3.05, 3.63) is 60.3 Å². The van der Waals surface area contributed by atoms with Crippen LogP contribution in [0.1, 0.15) is 12.5 Å². The molecular weight excluding hydrogens is 344 g/mol. The lowest BCUT2D eigenvalue weighted by Crippen LogP contribution is -2.15. The highest BCUT2D eigenvalue weighted by atomic mass is 16.6. The Hall–Kier alpha value is -3.61. The molecule has 0 saturated carbocycles. The van der Waals surface area contributed by atoms with Crippen LogP contribution in [0.25, 0.3) is 16.9 Å². The number of nitrogens with zero attached hydrogens (tertiary/aromatic N) is 3. The Morgan fingerprint density at radius 1 is 1.15 bits per heavy atom. The van der Waals surface area contributed by atoms with Gasteiger partial charge in [0.25, 0.3) is 0 Å². The van der Waals surface area contributed by atoms with Crippen molar-refractivity contribution in [2.24, 2.45) is 5.10 Å². The van der Waals surface area contributed by atoms with Crippen LogP contribution < -0.4 is 14.9 Å². The number of nitrogens with one attached hydrogen (secondary N) is 1. The van der Waals surface area contributed by atoms with E-state index in [9.17, 15) is 4.79 Å². The molecule has 0 radical (unpaired) electrons. The van der Waals surface area contributed by atoms with Gasteiger partial charge in [0, 0.05) is 24.2 Å². The first-order valence-corrected chi connectivity index (χ1v) is 8.55. The number of aromatic nitrogens is 2. The Morgan fingerprint density at radius 3 is 2.70 bits per heavy atom. The van der Waals surface area contributed by atoms with Crippen LogP contribution >= 0.6 is 0 Å². The van der Waals surface area contributed by atoms with E-state index >= 15 is 0 Å². The van der Waals surface area contributed by atoms with Crippen LogP contribution in [0.15, 0.2) is 59.8 Å². The highest BCUT2D eigenvalue weighted by Gasteiger charge is 2.16. The highest BCUT2D eigenvalue weighted by Crippen LogP contribution is 2.35. The second-order valence-corrected chi connectivity index (χ2v) is 6.00. The number of fused-ring (bicyclic) bond motifs is 1. The van der Waals surface area contributed by atoms with Crippen molar-refractivity contribution in [2.45, 2.75) is 6.92 Å². The number of hydrazone groups is 1. The summed E-state index contributed by atoms with van der Waals surface area (Å²) in [6, 6.07) is 15.5. The summed E-state index contributed by atoms with van der Waals surface area (Å²) < 4.78 is 13.0. The van der Waals surface area contributed by atoms with Gasteiger partial charge in [0.2, 0.25) is 5.91 Å². The first kappa shape index (κ1) is 16.8. The van der Waals surface area contributed by atoms with E-state index in [4.69, 9.17) is 14.6 Å². The van der Waals surface area contributed by atoms with E-state index in [1.54, 1.807) is 10.9 Å². The number of ether oxygens (including phenoxy) is 2. The Bertz CT molecular complexity index is 996. The van der Waals surface area contributed by atoms with E-state index in [2.05, 4.69) is 10.5 Å². The maximum absolute atomic E-state index is 11.1. The van der Waals surface area contributed by atoms with E-state index in [-0.39, 0.29) is 5.91 Å². The molecule has 1 aliphatic rings. The third kappa shape index (κ3) is 3.67. The largest absolute Gasteiger partial charge is 0.486 e. The standard InChI is InChI=1S/C20H18N4O3/c1-14(25)22-21-12-16-13-24(17-5-3-2-4-6-17)23-20(16)15-7-8-18-19(11-15)27-10-9-26-18/h2-8,11-13H,9-10H2,1H3,(H,22,25)/b21-12-. The molecule has 136 valence electrons. The average molecular weight is 362 g/mol. The maximum Gasteiger partial charge on any atom is 0.236 e. The van der Waals surface area contributed by atoms with Crippen LogP contribution in [0.5, 0.6) is 11.5 Å². The smallest absolute Gasteiger partial charge is 0.236 e. The summed E-state index contributed by atoms with van der Waals surface area (Å²) >= 11 is 0. The van der Waals surface area contributed by atoms with Gasteiger partial charge in [-0.05, 0) is 30.3 Å². The number of para-hydroxylation sites is 1. The highest BCUT2D eigenvalue weighted by molar-refractivity contribution is 5.89. The minimum absolute atomic E-state index is 0.234. The fourth-order valence-corrected chi connectivity index (χ4v) is 2.80. The molecule has 1 amide bonds. The van der Waals surface area contributed by atoms with Crippen molar-refractivity contribution >= 4 is 12.1 Å². The zero-order valence-electron chi connectivity index (χ0n) is 14.8. The predicted octanol–water partition coefficient (Wildman–Crippen LogP) is 2.78. The molecule has 7 nitrogen and oxygen atoms in total. The first-order chi connectivity index (χ1) is 13.2. The van der Waals surface area contributed by atoms with Gasteiger partial charge in [0.15, 0.2) is 11.5 Å². The first-order valence-electron chi connectivity index (χ1n) is 8.55. The summed E-state index contributed by atoms with van der Waals surface area (Å²) in [6.07, 6.45) is 3.45. The SMILES string of the molecule is CC(=O)N/N=C\c1cn(-c2ccccc2)nc1-c1ccc2c(c1)OCCO2. The Kier molecular flexibility index (Phi) is 4.57. The molecule has 2 heterocycles. The quantitative estimate of drug-likeness (QED) is 0.572. The molecule has 1 N–H and O–H groups in total. The van der Waals surface area contributed by atoms with Crippen molar-refractivity contribution in [3.8, 4) is 28.4 Å². The third-order valence-corrected chi connectivity index (χ3v) is 4.00. The lowest BCUT2D eigenvalue weighted by atomic mass is 10.1. The van der Waals surface area contributed by atoms with Gasteiger partial charge >= 0.3 is 0 Å². The van der Waals surface area contributed by atoms with Gasteiger partial charge in [-0.2, -0.15) is 10.2 Å². The molecule has 0 spiro atoms. The topological polar surface area (TPSA) is 77.7 Å². The summed E-state index contributed by atoms with van der Waals surface area (Å²) in [5.41, 5.74) is 5.71. The van der Waals surface area contributed by atoms with Gasteiger partial charge in [-0.25, -0.2) is 10.1 Å². The van der Waals surface area contributed by atoms with Crippen LogP contribution in [0.4, 0.5) is 0 Å². The number of carbonyl (C=O) groups excluding carboxylic acids is 1. The predicted molar refractivity (Wildman–Crippen MR) is 101 cm³/mol. The van der Waals surface area contributed by atoms with Crippen molar-refractivity contribution < 1.29 is 14.3 Å². The Labute approximate surface area is 156 Å². The monoisotopic (exact) mass is 362 g/mol. The lowest BCUT2D eigenvalue weighted by molar-refractivity contribution is -0.118. The van der Waals surface area contributed by atoms with Gasteiger partial charge in [-0.1, -0.05) is 18.2 Å². The van der Waals surface area contributed by atoms with Crippen LogP contribution in [0.3, 0.4) is 0 Å². The molecule has 0 bridgehead atoms. The molecule has 2 aromatic carbocycles. The summed E-state index contributed by atoms with van der Waals surface area (Å²) in [6.45, 7) is 2.47. The molecule has 7 heteroatoms. The second kappa shape index (κ2) is 7.33. The molecule has 0 atom stereocenters. The van der Waals surface area contributed by atoms with Crippen LogP contribution in [-0.4, -0.2) is 35.1 Å². The van der Waals surface area contributed by atoms with E-state index in [1.807, 2.05) is 54.7 Å². The number of hydrogen-bond donors (Lipinski definition) is 1. The summed E-state index contributed by atoms with van der Waals surface area (Å²) in [7, 11) is 0. The van der Waals surface area contributed by atoms with Gasteiger partial charge in [0.1, 0.15) is 18.9 Å². The van der Waals surface area contributed by atoms with Gasteiger partial charge in [0.05, 0.1) is 11.9 Å². The third-order valence-electron chi connectivity index (χ3n) is 4.00.